The number of carbonyl (C=O) groups is 4. The maximum atomic E-state index is 10.7. The summed E-state index contributed by atoms with van der Waals surface area (Å²) in [5, 5.41) is 0. The van der Waals surface area contributed by atoms with E-state index in [9.17, 15) is 19.2 Å². The Balaban J connectivity index is -0.0000000548. The first-order valence-corrected chi connectivity index (χ1v) is 11.1. The Morgan fingerprint density at radius 2 is 0.938 bits per heavy atom. The standard InChI is InChI=1S/2C6H13NO.C5H11NO.C4H9NO.C2H6.H2N.H2/c2*1-4-5-6(8)7(2)3;1-4-5(7)6(2)3;1-2-3-4(5)6;1-2;;/h2*4-5H2,1-3H3;4H2,1-3H3;2-3H2,1H3,(H2,5,6);1-2H3;1H2;1H/q;;;;;-1;/p-1/i;;;;;;1+2/hT. The number of nitrogens with zero attached hydrogens (tertiary/aromatic N) is 3. The smallest absolute Gasteiger partial charge is 0.222 e. The van der Waals surface area contributed by atoms with Crippen LogP contribution in [0, 0.1) is 0 Å². The summed E-state index contributed by atoms with van der Waals surface area (Å²) in [4.78, 5) is 46.6. The SMILES string of the molecule is CC.CCC(=O)N(C)C.CCCC(=O)N(C)C.CCCC(=O)N(C)C.[3HH].[3H][N-]C(=O)CCC.[NH2-]. The van der Waals surface area contributed by atoms with Gasteiger partial charge in [-0.05, 0) is 19.3 Å². The monoisotopic (exact) mass is 469 g/mol. The van der Waals surface area contributed by atoms with Crippen molar-refractivity contribution in [2.75, 3.05) is 42.3 Å². The van der Waals surface area contributed by atoms with E-state index in [1.165, 1.54) is 0 Å². The molecule has 9 nitrogen and oxygen atoms in total. The molecule has 198 valence electrons. The van der Waals surface area contributed by atoms with E-state index in [-0.39, 0.29) is 31.2 Å². The minimum atomic E-state index is -0.331. The van der Waals surface area contributed by atoms with Gasteiger partial charge in [0, 0.05) is 68.9 Å². The predicted molar refractivity (Wildman–Crippen MR) is 139 cm³/mol. The third-order valence-corrected chi connectivity index (χ3v) is 3.19. The lowest BCUT2D eigenvalue weighted by atomic mass is 10.3. The molecule has 9 heteroatoms. The van der Waals surface area contributed by atoms with Gasteiger partial charge in [0.25, 0.3) is 0 Å². The molecule has 0 fully saturated rings. The predicted octanol–water partition coefficient (Wildman–Crippen LogP) is 5.59. The molecule has 0 aliphatic carbocycles. The van der Waals surface area contributed by atoms with Gasteiger partial charge in [-0.3, -0.25) is 14.4 Å². The summed E-state index contributed by atoms with van der Waals surface area (Å²) < 4.78 is 6.19. The van der Waals surface area contributed by atoms with Gasteiger partial charge in [-0.15, -0.1) is 1.41 Å². The molecule has 0 aromatic rings. The van der Waals surface area contributed by atoms with E-state index in [0.29, 0.717) is 25.7 Å². The molecule has 3 N–H and O–H groups in total. The zero-order valence-corrected chi connectivity index (χ0v) is 22.9. The Labute approximate surface area is 201 Å². The van der Waals surface area contributed by atoms with E-state index < -0.39 is 0 Å². The molecule has 32 heavy (non-hydrogen) atoms. The average molecular weight is 470 g/mol. The molecule has 0 aliphatic heterocycles. The van der Waals surface area contributed by atoms with Crippen molar-refractivity contribution in [3.8, 4) is 0 Å². The molecule has 0 radical (unpaired) electrons. The summed E-state index contributed by atoms with van der Waals surface area (Å²) in [6, 6.07) is 0. The fraction of sp³-hybridized carbons (Fsp3) is 0.826. The summed E-state index contributed by atoms with van der Waals surface area (Å²) in [5.41, 5.74) is 2.69. The van der Waals surface area contributed by atoms with Gasteiger partial charge in [0.15, 0.2) is 0 Å². The van der Waals surface area contributed by atoms with Crippen molar-refractivity contribution in [1.82, 2.24) is 14.7 Å². The molecule has 0 aliphatic rings. The molecule has 0 aromatic heterocycles. The lowest BCUT2D eigenvalue weighted by Gasteiger charge is -2.07. The van der Waals surface area contributed by atoms with Crippen molar-refractivity contribution >= 4 is 23.6 Å². The van der Waals surface area contributed by atoms with Crippen LogP contribution in [0.1, 0.15) is 87.9 Å². The van der Waals surface area contributed by atoms with E-state index in [2.05, 4.69) is 5.73 Å². The van der Waals surface area contributed by atoms with Crippen LogP contribution in [0.2, 0.25) is 1.41 Å². The summed E-state index contributed by atoms with van der Waals surface area (Å²) in [7, 11) is 10.6. The maximum Gasteiger partial charge on any atom is 0.222 e. The highest BCUT2D eigenvalue weighted by atomic mass is 16.2. The van der Waals surface area contributed by atoms with Gasteiger partial charge in [0.1, 0.15) is 0 Å². The van der Waals surface area contributed by atoms with Crippen molar-refractivity contribution < 1.29 is 22.0 Å². The van der Waals surface area contributed by atoms with Crippen LogP contribution >= 0.6 is 0 Å². The van der Waals surface area contributed by atoms with Crippen LogP contribution in [-0.2, 0) is 19.2 Å². The van der Waals surface area contributed by atoms with Crippen molar-refractivity contribution in [1.29, 1.82) is 0 Å². The van der Waals surface area contributed by atoms with E-state index >= 15 is 0 Å². The van der Waals surface area contributed by atoms with Gasteiger partial charge in [-0.25, -0.2) is 0 Å². The van der Waals surface area contributed by atoms with Crippen LogP contribution in [0.3, 0.4) is 0 Å². The molecule has 0 unspecified atom stereocenters. The topological polar surface area (TPSA) is 135 Å². The zero-order chi connectivity index (χ0) is 26.7. The number of rotatable bonds is 7. The van der Waals surface area contributed by atoms with Crippen LogP contribution < -0.4 is 0 Å². The van der Waals surface area contributed by atoms with Gasteiger partial charge < -0.3 is 31.4 Å². The summed E-state index contributed by atoms with van der Waals surface area (Å²) in [6.45, 7) is 11.7. The van der Waals surface area contributed by atoms with E-state index in [1.54, 1.807) is 57.0 Å². The summed E-state index contributed by atoms with van der Waals surface area (Å²) in [5.74, 6) is 0.280. The number of nitrogens with one attached hydrogen (secondary N) is 1. The second kappa shape index (κ2) is 33.5. The van der Waals surface area contributed by atoms with Crippen LogP contribution in [0.4, 0.5) is 0 Å². The molecular formula is C23H55N5O4-2. The van der Waals surface area contributed by atoms with Gasteiger partial charge in [-0.2, -0.15) is 0 Å². The molecular weight excluding hydrogens is 410 g/mol. The van der Waals surface area contributed by atoms with Gasteiger partial charge in [-0.1, -0.05) is 48.0 Å². The Hall–Kier alpha value is -2.16. The first kappa shape index (κ1) is 40.2. The Bertz CT molecular complexity index is 443. The molecule has 0 aromatic carbocycles. The molecule has 4 amide bonds. The van der Waals surface area contributed by atoms with Gasteiger partial charge >= 0.3 is 0 Å². The fourth-order valence-electron chi connectivity index (χ4n) is 1.41. The quantitative estimate of drug-likeness (QED) is 0.480. The first-order valence-electron chi connectivity index (χ1n) is 11.6. The van der Waals surface area contributed by atoms with Gasteiger partial charge in [0.2, 0.25) is 17.7 Å². The van der Waals surface area contributed by atoms with Crippen molar-refractivity contribution in [3.63, 3.8) is 0 Å². The summed E-state index contributed by atoms with van der Waals surface area (Å²) >= 11 is 0. The number of hydrogen-bond acceptors (Lipinski definition) is 4. The number of amides is 4. The summed E-state index contributed by atoms with van der Waals surface area (Å²) in [6.07, 6.45) is 5.02. The Morgan fingerprint density at radius 3 is 1.00 bits per heavy atom. The molecule has 0 spiro atoms. The number of hydrogen-bond donors (Lipinski definition) is 0. The Kier molecular flexibility index (Phi) is 42.1. The number of carbonyl (C=O) groups excluding carboxylic acids is 4. The van der Waals surface area contributed by atoms with E-state index in [1.807, 2.05) is 41.5 Å². The van der Waals surface area contributed by atoms with Crippen LogP contribution in [0.15, 0.2) is 0 Å². The highest BCUT2D eigenvalue weighted by Gasteiger charge is 1.99. The average Bonchev–Trinajstić information content (AvgIpc) is 2.76. The molecule has 0 heterocycles. The molecule has 0 bridgehead atoms. The minimum Gasteiger partial charge on any atom is -0.693 e. The molecule has 0 saturated heterocycles. The minimum absolute atomic E-state index is 0. The molecule has 0 atom stereocenters. The van der Waals surface area contributed by atoms with E-state index in [4.69, 9.17) is 1.41 Å². The Morgan fingerprint density at radius 1 is 0.656 bits per heavy atom. The second-order valence-electron chi connectivity index (χ2n) is 6.86. The third kappa shape index (κ3) is 46.2. The fourth-order valence-corrected chi connectivity index (χ4v) is 1.41. The molecule has 0 saturated carbocycles. The zero-order valence-electron chi connectivity index (χ0n) is 23.9. The lowest BCUT2D eigenvalue weighted by Crippen LogP contribution is -2.20. The van der Waals surface area contributed by atoms with E-state index in [0.717, 1.165) is 19.3 Å². The highest BCUT2D eigenvalue weighted by Crippen LogP contribution is 1.90. The van der Waals surface area contributed by atoms with Crippen molar-refractivity contribution in [2.24, 2.45) is 0 Å². The number of nitrogens with two attached hydrogens (primary N) is 1. The van der Waals surface area contributed by atoms with Crippen LogP contribution in [0.5, 0.6) is 0 Å². The highest BCUT2D eigenvalue weighted by molar-refractivity contribution is 5.83. The lowest BCUT2D eigenvalue weighted by molar-refractivity contribution is -0.129. The maximum absolute atomic E-state index is 10.7. The van der Waals surface area contributed by atoms with Crippen LogP contribution in [0.25, 0.3) is 11.9 Å². The molecule has 0 rings (SSSR count). The van der Waals surface area contributed by atoms with Gasteiger partial charge in [0.05, 0.1) is 0 Å². The second-order valence-corrected chi connectivity index (χ2v) is 6.86. The normalized spacial score (nSPS) is 8.31. The largest absolute Gasteiger partial charge is 0.693 e. The third-order valence-electron chi connectivity index (χ3n) is 3.19. The van der Waals surface area contributed by atoms with Crippen molar-refractivity contribution in [2.45, 2.75) is 86.5 Å². The van der Waals surface area contributed by atoms with Crippen molar-refractivity contribution in [3.05, 3.63) is 11.9 Å². The van der Waals surface area contributed by atoms with Crippen LogP contribution in [-0.4, -0.2) is 80.6 Å². The first-order chi connectivity index (χ1) is 14.9.